The van der Waals surface area contributed by atoms with Crippen LogP contribution in [0.1, 0.15) is 5.56 Å². The van der Waals surface area contributed by atoms with Crippen LogP contribution in [-0.2, 0) is 4.79 Å². The van der Waals surface area contributed by atoms with Crippen molar-refractivity contribution >= 4 is 23.9 Å². The van der Waals surface area contributed by atoms with Gasteiger partial charge in [-0.2, -0.15) is 5.10 Å². The molecule has 4 aromatic rings. The fraction of sp³-hybridized carbons (Fsp3) is 0.120. The smallest absolute Gasteiger partial charge is 0.250 e. The lowest BCUT2D eigenvalue weighted by Crippen LogP contribution is -2.20. The maximum atomic E-state index is 12.4. The molecule has 1 N–H and O–H groups in total. The predicted molar refractivity (Wildman–Crippen MR) is 133 cm³/mol. The van der Waals surface area contributed by atoms with Crippen molar-refractivity contribution in [1.29, 1.82) is 0 Å². The summed E-state index contributed by atoms with van der Waals surface area (Å²) in [5, 5.41) is 13.4. The molecule has 1 heterocycles. The Hall–Kier alpha value is -4.11. The van der Waals surface area contributed by atoms with E-state index in [0.29, 0.717) is 11.0 Å². The van der Waals surface area contributed by atoms with Crippen LogP contribution in [0.3, 0.4) is 0 Å². The number of hydrazone groups is 1. The minimum atomic E-state index is -0.255. The zero-order chi connectivity index (χ0) is 23.8. The molecule has 0 aliphatic rings. The highest BCUT2D eigenvalue weighted by atomic mass is 32.2. The van der Waals surface area contributed by atoms with E-state index in [0.717, 1.165) is 28.3 Å². The summed E-state index contributed by atoms with van der Waals surface area (Å²) in [6.07, 6.45) is 1.57. The molecule has 1 amide bonds. The third kappa shape index (κ3) is 5.62. The fourth-order valence-electron chi connectivity index (χ4n) is 3.16. The zero-order valence-corrected chi connectivity index (χ0v) is 19.5. The Balaban J connectivity index is 1.49. The lowest BCUT2D eigenvalue weighted by molar-refractivity contribution is -0.118. The maximum Gasteiger partial charge on any atom is 0.250 e. The SMILES string of the molecule is COc1ccc(-n2c(SCC(=O)N/N=C\c3cccc(OC)c3)nnc2-c2ccccc2)cc1. The Labute approximate surface area is 201 Å². The number of amides is 1. The summed E-state index contributed by atoms with van der Waals surface area (Å²) in [6, 6.07) is 24.8. The van der Waals surface area contributed by atoms with Crippen LogP contribution in [0.15, 0.2) is 89.1 Å². The Morgan fingerprint density at radius 2 is 1.74 bits per heavy atom. The highest BCUT2D eigenvalue weighted by Gasteiger charge is 2.17. The Morgan fingerprint density at radius 3 is 2.47 bits per heavy atom. The molecule has 0 fully saturated rings. The van der Waals surface area contributed by atoms with Crippen molar-refractivity contribution in [2.24, 2.45) is 5.10 Å². The average Bonchev–Trinajstić information content (AvgIpc) is 3.32. The molecule has 0 unspecified atom stereocenters. The molecule has 34 heavy (non-hydrogen) atoms. The van der Waals surface area contributed by atoms with Gasteiger partial charge >= 0.3 is 0 Å². The maximum absolute atomic E-state index is 12.4. The first-order valence-corrected chi connectivity index (χ1v) is 11.4. The van der Waals surface area contributed by atoms with Gasteiger partial charge in [0, 0.05) is 11.3 Å². The molecule has 0 radical (unpaired) electrons. The van der Waals surface area contributed by atoms with Crippen molar-refractivity contribution in [3.05, 3.63) is 84.4 Å². The normalized spacial score (nSPS) is 10.9. The summed E-state index contributed by atoms with van der Waals surface area (Å²) < 4.78 is 12.4. The second kappa shape index (κ2) is 11.2. The van der Waals surface area contributed by atoms with Gasteiger partial charge in [0.2, 0.25) is 0 Å². The van der Waals surface area contributed by atoms with Gasteiger partial charge in [0.05, 0.1) is 26.2 Å². The van der Waals surface area contributed by atoms with Crippen molar-refractivity contribution in [3.8, 4) is 28.6 Å². The molecule has 0 bridgehead atoms. The highest BCUT2D eigenvalue weighted by molar-refractivity contribution is 7.99. The second-order valence-corrected chi connectivity index (χ2v) is 8.01. The summed E-state index contributed by atoms with van der Waals surface area (Å²) in [7, 11) is 3.23. The van der Waals surface area contributed by atoms with Gasteiger partial charge in [-0.05, 0) is 42.0 Å². The van der Waals surface area contributed by atoms with Crippen LogP contribution in [0.25, 0.3) is 17.1 Å². The number of carbonyl (C=O) groups is 1. The van der Waals surface area contributed by atoms with Gasteiger partial charge in [0.25, 0.3) is 5.91 Å². The Bertz CT molecular complexity index is 1270. The van der Waals surface area contributed by atoms with E-state index in [1.807, 2.05) is 83.4 Å². The second-order valence-electron chi connectivity index (χ2n) is 7.06. The molecule has 0 spiro atoms. The molecular formula is C25H23N5O3S. The molecule has 3 aromatic carbocycles. The van der Waals surface area contributed by atoms with Crippen molar-refractivity contribution in [2.45, 2.75) is 5.16 Å². The standard InChI is InChI=1S/C25H23N5O3S/c1-32-21-13-11-20(12-14-21)30-24(19-8-4-3-5-9-19)28-29-25(30)34-17-23(31)27-26-16-18-7-6-10-22(15-18)33-2/h3-16H,17H2,1-2H3,(H,27,31)/b26-16-. The number of nitrogens with zero attached hydrogens (tertiary/aromatic N) is 4. The van der Waals surface area contributed by atoms with Gasteiger partial charge in [0.15, 0.2) is 11.0 Å². The summed E-state index contributed by atoms with van der Waals surface area (Å²) in [4.78, 5) is 12.4. The number of methoxy groups -OCH3 is 2. The highest BCUT2D eigenvalue weighted by Crippen LogP contribution is 2.28. The van der Waals surface area contributed by atoms with Gasteiger partial charge in [-0.3, -0.25) is 9.36 Å². The lowest BCUT2D eigenvalue weighted by Gasteiger charge is -2.11. The lowest BCUT2D eigenvalue weighted by atomic mass is 10.2. The number of carbonyl (C=O) groups excluding carboxylic acids is 1. The van der Waals surface area contributed by atoms with E-state index in [4.69, 9.17) is 9.47 Å². The molecule has 1 aromatic heterocycles. The molecule has 0 aliphatic carbocycles. The number of aromatic nitrogens is 3. The first-order valence-electron chi connectivity index (χ1n) is 10.4. The van der Waals surface area contributed by atoms with Crippen LogP contribution in [-0.4, -0.2) is 46.9 Å². The van der Waals surface area contributed by atoms with Crippen molar-refractivity contribution in [1.82, 2.24) is 20.2 Å². The van der Waals surface area contributed by atoms with Gasteiger partial charge in [-0.25, -0.2) is 5.43 Å². The summed E-state index contributed by atoms with van der Waals surface area (Å²) in [5.41, 5.74) is 5.15. The number of benzene rings is 3. The molecule has 0 saturated carbocycles. The van der Waals surface area contributed by atoms with Crippen LogP contribution in [0.2, 0.25) is 0 Å². The van der Waals surface area contributed by atoms with E-state index in [2.05, 4.69) is 20.7 Å². The number of hydrogen-bond donors (Lipinski definition) is 1. The molecule has 4 rings (SSSR count). The predicted octanol–water partition coefficient (Wildman–Crippen LogP) is 4.19. The van der Waals surface area contributed by atoms with Crippen molar-refractivity contribution in [3.63, 3.8) is 0 Å². The molecule has 172 valence electrons. The minimum absolute atomic E-state index is 0.124. The van der Waals surface area contributed by atoms with Crippen LogP contribution in [0.4, 0.5) is 0 Å². The Morgan fingerprint density at radius 1 is 0.971 bits per heavy atom. The number of hydrogen-bond acceptors (Lipinski definition) is 7. The monoisotopic (exact) mass is 473 g/mol. The zero-order valence-electron chi connectivity index (χ0n) is 18.7. The number of nitrogens with one attached hydrogen (secondary N) is 1. The number of thioether (sulfide) groups is 1. The van der Waals surface area contributed by atoms with E-state index in [1.165, 1.54) is 11.8 Å². The van der Waals surface area contributed by atoms with E-state index in [-0.39, 0.29) is 11.7 Å². The number of ether oxygens (including phenoxy) is 2. The fourth-order valence-corrected chi connectivity index (χ4v) is 3.91. The van der Waals surface area contributed by atoms with Gasteiger partial charge < -0.3 is 9.47 Å². The third-order valence-electron chi connectivity index (χ3n) is 4.82. The van der Waals surface area contributed by atoms with E-state index in [1.54, 1.807) is 20.4 Å². The minimum Gasteiger partial charge on any atom is -0.497 e. The molecule has 8 nitrogen and oxygen atoms in total. The molecule has 0 atom stereocenters. The Kier molecular flexibility index (Phi) is 7.56. The first kappa shape index (κ1) is 23.1. The third-order valence-corrected chi connectivity index (χ3v) is 5.75. The van der Waals surface area contributed by atoms with E-state index >= 15 is 0 Å². The topological polar surface area (TPSA) is 90.6 Å². The van der Waals surface area contributed by atoms with Crippen LogP contribution < -0.4 is 14.9 Å². The average molecular weight is 474 g/mol. The van der Waals surface area contributed by atoms with E-state index < -0.39 is 0 Å². The van der Waals surface area contributed by atoms with Gasteiger partial charge in [-0.15, -0.1) is 10.2 Å². The summed E-state index contributed by atoms with van der Waals surface area (Å²) in [6.45, 7) is 0. The molecule has 0 aliphatic heterocycles. The molecular weight excluding hydrogens is 450 g/mol. The van der Waals surface area contributed by atoms with Gasteiger partial charge in [-0.1, -0.05) is 54.2 Å². The van der Waals surface area contributed by atoms with Crippen molar-refractivity contribution < 1.29 is 14.3 Å². The van der Waals surface area contributed by atoms with Crippen LogP contribution in [0.5, 0.6) is 11.5 Å². The largest absolute Gasteiger partial charge is 0.497 e. The molecule has 0 saturated heterocycles. The first-order chi connectivity index (χ1) is 16.7. The van der Waals surface area contributed by atoms with Crippen LogP contribution in [0, 0.1) is 0 Å². The quantitative estimate of drug-likeness (QED) is 0.223. The van der Waals surface area contributed by atoms with E-state index in [9.17, 15) is 4.79 Å². The van der Waals surface area contributed by atoms with Crippen LogP contribution >= 0.6 is 11.8 Å². The summed E-state index contributed by atoms with van der Waals surface area (Å²) in [5.74, 6) is 2.02. The number of rotatable bonds is 9. The van der Waals surface area contributed by atoms with Crippen molar-refractivity contribution in [2.75, 3.05) is 20.0 Å². The summed E-state index contributed by atoms with van der Waals surface area (Å²) >= 11 is 1.28. The van der Waals surface area contributed by atoms with Gasteiger partial charge in [0.1, 0.15) is 11.5 Å². The molecule has 9 heteroatoms.